The highest BCUT2D eigenvalue weighted by molar-refractivity contribution is 6.04. The van der Waals surface area contributed by atoms with Gasteiger partial charge in [0.1, 0.15) is 11.5 Å². The maximum absolute atomic E-state index is 11.7. The van der Waals surface area contributed by atoms with Gasteiger partial charge in [-0.3, -0.25) is 20.0 Å². The van der Waals surface area contributed by atoms with Crippen molar-refractivity contribution in [2.75, 3.05) is 5.32 Å². The minimum Gasteiger partial charge on any atom is -0.356 e. The lowest BCUT2D eigenvalue weighted by Crippen LogP contribution is -2.13. The molecule has 7 heteroatoms. The number of rotatable bonds is 3. The largest absolute Gasteiger partial charge is 0.356 e. The Hall–Kier alpha value is -2.44. The highest BCUT2D eigenvalue weighted by Gasteiger charge is 2.12. The third-order valence-electron chi connectivity index (χ3n) is 2.16. The zero-order valence-electron chi connectivity index (χ0n) is 9.37. The molecule has 0 saturated carbocycles. The van der Waals surface area contributed by atoms with Crippen LogP contribution < -0.4 is 5.32 Å². The number of Topliss-reactive ketones (excluding diaryl/α,β-unsaturated/α-hetero) is 1. The predicted molar refractivity (Wildman–Crippen MR) is 59.9 cm³/mol. The van der Waals surface area contributed by atoms with Crippen LogP contribution in [0.2, 0.25) is 0 Å². The summed E-state index contributed by atoms with van der Waals surface area (Å²) in [6.45, 7) is 3.16. The first kappa shape index (κ1) is 11.1. The molecule has 1 amide bonds. The van der Waals surface area contributed by atoms with Gasteiger partial charge < -0.3 is 4.98 Å². The second kappa shape index (κ2) is 4.20. The van der Waals surface area contributed by atoms with Crippen LogP contribution in [0.4, 0.5) is 5.95 Å². The number of aromatic amines is 2. The van der Waals surface area contributed by atoms with E-state index in [2.05, 4.69) is 25.5 Å². The molecule has 2 aromatic rings. The van der Waals surface area contributed by atoms with E-state index in [1.807, 2.05) is 0 Å². The Bertz CT molecular complexity index is 569. The van der Waals surface area contributed by atoms with Gasteiger partial charge in [-0.15, -0.1) is 5.10 Å². The summed E-state index contributed by atoms with van der Waals surface area (Å²) in [6, 6.07) is 1.48. The number of hydrogen-bond acceptors (Lipinski definition) is 4. The monoisotopic (exact) mass is 233 g/mol. The molecule has 0 aromatic carbocycles. The van der Waals surface area contributed by atoms with Gasteiger partial charge >= 0.3 is 0 Å². The fraction of sp³-hybridized carbons (Fsp3) is 0.200. The predicted octanol–water partition coefficient (Wildman–Crippen LogP) is 0.896. The number of nitrogens with one attached hydrogen (secondary N) is 3. The van der Waals surface area contributed by atoms with Crippen LogP contribution in [0.3, 0.4) is 0 Å². The molecule has 0 radical (unpaired) electrons. The van der Waals surface area contributed by atoms with Gasteiger partial charge in [0.2, 0.25) is 5.95 Å². The topological polar surface area (TPSA) is 104 Å². The molecule has 88 valence electrons. The van der Waals surface area contributed by atoms with Gasteiger partial charge in [0.15, 0.2) is 5.78 Å². The highest BCUT2D eigenvalue weighted by atomic mass is 16.2. The quantitative estimate of drug-likeness (QED) is 0.685. The van der Waals surface area contributed by atoms with Gasteiger partial charge in [-0.25, -0.2) is 0 Å². The number of ketones is 1. The van der Waals surface area contributed by atoms with Gasteiger partial charge in [-0.05, 0) is 19.9 Å². The Morgan fingerprint density at radius 3 is 2.71 bits per heavy atom. The Labute approximate surface area is 96.6 Å². The molecule has 3 N–H and O–H groups in total. The van der Waals surface area contributed by atoms with E-state index in [0.29, 0.717) is 11.4 Å². The number of H-pyrrole nitrogens is 2. The van der Waals surface area contributed by atoms with Gasteiger partial charge in [-0.2, -0.15) is 4.98 Å². The Balaban J connectivity index is 2.11. The lowest BCUT2D eigenvalue weighted by atomic mass is 10.2. The number of carbonyl (C=O) groups is 2. The van der Waals surface area contributed by atoms with E-state index in [1.165, 1.54) is 19.2 Å². The van der Waals surface area contributed by atoms with Crippen molar-refractivity contribution in [3.63, 3.8) is 0 Å². The molecule has 0 aliphatic rings. The fourth-order valence-corrected chi connectivity index (χ4v) is 1.30. The van der Waals surface area contributed by atoms with Crippen LogP contribution in [-0.4, -0.2) is 31.9 Å². The molecule has 0 atom stereocenters. The summed E-state index contributed by atoms with van der Waals surface area (Å²) in [5.74, 6) is 0.313. The van der Waals surface area contributed by atoms with Crippen molar-refractivity contribution in [3.8, 4) is 0 Å². The summed E-state index contributed by atoms with van der Waals surface area (Å²) in [5, 5.41) is 8.88. The minimum absolute atomic E-state index is 0.103. The third-order valence-corrected chi connectivity index (χ3v) is 2.16. The van der Waals surface area contributed by atoms with E-state index in [1.54, 1.807) is 6.92 Å². The van der Waals surface area contributed by atoms with Crippen LogP contribution in [0.5, 0.6) is 0 Å². The van der Waals surface area contributed by atoms with Gasteiger partial charge in [0.25, 0.3) is 5.91 Å². The summed E-state index contributed by atoms with van der Waals surface area (Å²) in [6.07, 6.45) is 1.49. The van der Waals surface area contributed by atoms with E-state index in [9.17, 15) is 9.59 Å². The maximum Gasteiger partial charge on any atom is 0.274 e. The van der Waals surface area contributed by atoms with Crippen molar-refractivity contribution in [1.82, 2.24) is 20.2 Å². The second-order valence-corrected chi connectivity index (χ2v) is 3.56. The molecule has 0 unspecified atom stereocenters. The molecular weight excluding hydrogens is 222 g/mol. The molecule has 0 aliphatic carbocycles. The van der Waals surface area contributed by atoms with Crippen LogP contribution in [-0.2, 0) is 0 Å². The van der Waals surface area contributed by atoms with Crippen molar-refractivity contribution < 1.29 is 9.59 Å². The lowest BCUT2D eigenvalue weighted by molar-refractivity contribution is 0.101. The molecule has 0 spiro atoms. The van der Waals surface area contributed by atoms with Gasteiger partial charge in [-0.1, -0.05) is 0 Å². The number of anilines is 1. The molecule has 2 rings (SSSR count). The van der Waals surface area contributed by atoms with Crippen molar-refractivity contribution in [1.29, 1.82) is 0 Å². The SMILES string of the molecule is CC(=O)c1c[nH]c(C(=O)Nc2n[nH]c(C)n2)c1. The number of aryl methyl sites for hydroxylation is 1. The van der Waals surface area contributed by atoms with Crippen LogP contribution in [0, 0.1) is 6.92 Å². The zero-order valence-corrected chi connectivity index (χ0v) is 9.37. The first-order valence-corrected chi connectivity index (χ1v) is 4.96. The van der Waals surface area contributed by atoms with E-state index in [-0.39, 0.29) is 17.4 Å². The molecule has 0 saturated heterocycles. The van der Waals surface area contributed by atoms with Crippen molar-refractivity contribution in [2.24, 2.45) is 0 Å². The molecule has 2 heterocycles. The average molecular weight is 233 g/mol. The van der Waals surface area contributed by atoms with E-state index in [4.69, 9.17) is 0 Å². The molecule has 0 bridgehead atoms. The average Bonchev–Trinajstić information content (AvgIpc) is 2.86. The number of aromatic nitrogens is 4. The number of amides is 1. The first-order valence-electron chi connectivity index (χ1n) is 4.96. The van der Waals surface area contributed by atoms with Crippen molar-refractivity contribution >= 4 is 17.6 Å². The number of carbonyl (C=O) groups excluding carboxylic acids is 2. The summed E-state index contributed by atoms with van der Waals surface area (Å²) in [5.41, 5.74) is 0.749. The Kier molecular flexibility index (Phi) is 2.73. The van der Waals surface area contributed by atoms with E-state index in [0.717, 1.165) is 0 Å². The molecule has 17 heavy (non-hydrogen) atoms. The lowest BCUT2D eigenvalue weighted by Gasteiger charge is -1.96. The molecule has 2 aromatic heterocycles. The summed E-state index contributed by atoms with van der Waals surface area (Å²) in [4.78, 5) is 29.4. The highest BCUT2D eigenvalue weighted by Crippen LogP contribution is 2.06. The summed E-state index contributed by atoms with van der Waals surface area (Å²) < 4.78 is 0. The molecule has 0 fully saturated rings. The first-order chi connectivity index (χ1) is 8.06. The van der Waals surface area contributed by atoms with Gasteiger partial charge in [0.05, 0.1) is 0 Å². The normalized spacial score (nSPS) is 10.2. The molecular formula is C10H11N5O2. The molecule has 7 nitrogen and oxygen atoms in total. The standard InChI is InChI=1S/C10H11N5O2/c1-5(16)7-3-8(11-4-7)9(17)13-10-12-6(2)14-15-10/h3-4,11H,1-2H3,(H2,12,13,14,15,17). The fourth-order valence-electron chi connectivity index (χ4n) is 1.30. The minimum atomic E-state index is -0.392. The number of nitrogens with zero attached hydrogens (tertiary/aromatic N) is 2. The Morgan fingerprint density at radius 2 is 2.18 bits per heavy atom. The Morgan fingerprint density at radius 1 is 1.41 bits per heavy atom. The number of hydrogen-bond donors (Lipinski definition) is 3. The smallest absolute Gasteiger partial charge is 0.274 e. The zero-order chi connectivity index (χ0) is 12.4. The van der Waals surface area contributed by atoms with Crippen LogP contribution in [0.25, 0.3) is 0 Å². The summed E-state index contributed by atoms with van der Waals surface area (Å²) >= 11 is 0. The van der Waals surface area contributed by atoms with E-state index >= 15 is 0 Å². The summed E-state index contributed by atoms with van der Waals surface area (Å²) in [7, 11) is 0. The molecule has 0 aliphatic heterocycles. The van der Waals surface area contributed by atoms with Crippen LogP contribution in [0.1, 0.15) is 33.6 Å². The van der Waals surface area contributed by atoms with Crippen molar-refractivity contribution in [3.05, 3.63) is 29.3 Å². The maximum atomic E-state index is 11.7. The van der Waals surface area contributed by atoms with E-state index < -0.39 is 5.91 Å². The van der Waals surface area contributed by atoms with Gasteiger partial charge in [0, 0.05) is 11.8 Å². The second-order valence-electron chi connectivity index (χ2n) is 3.56. The van der Waals surface area contributed by atoms with Crippen LogP contribution >= 0.6 is 0 Å². The third kappa shape index (κ3) is 2.39. The van der Waals surface area contributed by atoms with Crippen LogP contribution in [0.15, 0.2) is 12.3 Å². The van der Waals surface area contributed by atoms with Crippen molar-refractivity contribution in [2.45, 2.75) is 13.8 Å².